The van der Waals surface area contributed by atoms with Gasteiger partial charge in [0.25, 0.3) is 5.69 Å². The molecule has 0 radical (unpaired) electrons. The van der Waals surface area contributed by atoms with Gasteiger partial charge in [0.05, 0.1) is 9.82 Å². The van der Waals surface area contributed by atoms with Gasteiger partial charge in [-0.3, -0.25) is 10.1 Å². The van der Waals surface area contributed by atoms with Gasteiger partial charge in [-0.1, -0.05) is 0 Å². The van der Waals surface area contributed by atoms with Crippen LogP contribution < -0.4 is 15.8 Å². The zero-order valence-electron chi connectivity index (χ0n) is 10.2. The zero-order chi connectivity index (χ0) is 14.2. The minimum atomic E-state index is -3.70. The molecule has 8 nitrogen and oxygen atoms in total. The Labute approximate surface area is 110 Å². The maximum Gasteiger partial charge on any atom is 0.293 e. The van der Waals surface area contributed by atoms with E-state index >= 15 is 0 Å². The second kappa shape index (κ2) is 4.76. The largest absolute Gasteiger partial charge is 0.375 e. The molecule has 1 saturated carbocycles. The summed E-state index contributed by atoms with van der Waals surface area (Å²) in [5.74, 6) is 0. The fourth-order valence-electron chi connectivity index (χ4n) is 1.65. The Kier molecular flexibility index (Phi) is 3.43. The van der Waals surface area contributed by atoms with Gasteiger partial charge in [0.2, 0.25) is 10.0 Å². The highest BCUT2D eigenvalue weighted by molar-refractivity contribution is 7.89. The summed E-state index contributed by atoms with van der Waals surface area (Å²) in [6.45, 7) is 0. The maximum absolute atomic E-state index is 11.6. The minimum Gasteiger partial charge on any atom is -0.375 e. The Morgan fingerprint density at radius 3 is 2.58 bits per heavy atom. The van der Waals surface area contributed by atoms with E-state index in [0.29, 0.717) is 0 Å². The Morgan fingerprint density at radius 1 is 1.47 bits per heavy atom. The van der Waals surface area contributed by atoms with Crippen LogP contribution in [0.1, 0.15) is 6.42 Å². The van der Waals surface area contributed by atoms with E-state index < -0.39 is 14.9 Å². The summed E-state index contributed by atoms with van der Waals surface area (Å²) in [6.07, 6.45) is 0.744. The van der Waals surface area contributed by atoms with Crippen LogP contribution in [0.5, 0.6) is 0 Å². The molecule has 0 aliphatic heterocycles. The van der Waals surface area contributed by atoms with E-state index in [2.05, 4.69) is 10.0 Å². The summed E-state index contributed by atoms with van der Waals surface area (Å²) in [5, 5.41) is 13.9. The Morgan fingerprint density at radius 2 is 2.11 bits per heavy atom. The monoisotopic (exact) mass is 286 g/mol. The first-order valence-electron chi connectivity index (χ1n) is 5.59. The number of nitro benzene ring substituents is 1. The van der Waals surface area contributed by atoms with Crippen molar-refractivity contribution >= 4 is 21.4 Å². The molecule has 2 rings (SSSR count). The third kappa shape index (κ3) is 2.83. The maximum atomic E-state index is 11.6. The minimum absolute atomic E-state index is 0.00505. The molecule has 1 aromatic carbocycles. The van der Waals surface area contributed by atoms with Crippen molar-refractivity contribution in [3.8, 4) is 0 Å². The molecule has 104 valence electrons. The van der Waals surface area contributed by atoms with E-state index in [9.17, 15) is 18.5 Å². The molecule has 1 aliphatic carbocycles. The molecule has 19 heavy (non-hydrogen) atoms. The van der Waals surface area contributed by atoms with Crippen LogP contribution in [0.4, 0.5) is 11.4 Å². The lowest BCUT2D eigenvalue weighted by Gasteiger charge is -2.08. The number of nitrogens with one attached hydrogen (secondary N) is 2. The molecule has 0 amide bonds. The number of rotatable bonds is 5. The van der Waals surface area contributed by atoms with E-state index in [0.717, 1.165) is 12.5 Å². The van der Waals surface area contributed by atoms with Crippen LogP contribution >= 0.6 is 0 Å². The van der Waals surface area contributed by atoms with Crippen molar-refractivity contribution in [3.05, 3.63) is 28.3 Å². The number of sulfonamides is 1. The fourth-order valence-corrected chi connectivity index (χ4v) is 2.40. The molecule has 0 saturated heterocycles. The number of hydrogen-bond acceptors (Lipinski definition) is 6. The van der Waals surface area contributed by atoms with Gasteiger partial charge in [-0.05, 0) is 25.6 Å². The van der Waals surface area contributed by atoms with Crippen LogP contribution in [0.25, 0.3) is 0 Å². The molecule has 0 spiro atoms. The predicted molar refractivity (Wildman–Crippen MR) is 69.3 cm³/mol. The van der Waals surface area contributed by atoms with Crippen molar-refractivity contribution in [2.75, 3.05) is 12.4 Å². The number of hydrogen-bond donors (Lipinski definition) is 3. The van der Waals surface area contributed by atoms with Crippen LogP contribution in [0.15, 0.2) is 23.1 Å². The fraction of sp³-hybridized carbons (Fsp3) is 0.400. The summed E-state index contributed by atoms with van der Waals surface area (Å²) in [5.41, 5.74) is 5.62. The molecule has 0 aromatic heterocycles. The highest BCUT2D eigenvalue weighted by Gasteiger charge is 2.35. The van der Waals surface area contributed by atoms with Gasteiger partial charge in [0.15, 0.2) is 0 Å². The highest BCUT2D eigenvalue weighted by atomic mass is 32.2. The number of anilines is 1. The average Bonchev–Trinajstić information content (AvgIpc) is 3.05. The van der Waals surface area contributed by atoms with Gasteiger partial charge >= 0.3 is 0 Å². The molecule has 4 N–H and O–H groups in total. The first-order valence-corrected chi connectivity index (χ1v) is 7.07. The molecule has 1 aliphatic rings. The van der Waals surface area contributed by atoms with E-state index in [1.807, 2.05) is 0 Å². The van der Waals surface area contributed by atoms with E-state index in [4.69, 9.17) is 5.73 Å². The van der Waals surface area contributed by atoms with Gasteiger partial charge in [0, 0.05) is 18.2 Å². The van der Waals surface area contributed by atoms with Crippen LogP contribution in [0.3, 0.4) is 0 Å². The lowest BCUT2D eigenvalue weighted by molar-refractivity contribution is -0.384. The molecular weight excluding hydrogens is 272 g/mol. The second-order valence-corrected chi connectivity index (χ2v) is 6.18. The summed E-state index contributed by atoms with van der Waals surface area (Å²) >= 11 is 0. The number of benzene rings is 1. The van der Waals surface area contributed by atoms with E-state index in [-0.39, 0.29) is 28.4 Å². The van der Waals surface area contributed by atoms with Gasteiger partial charge in [-0.15, -0.1) is 0 Å². The first kappa shape index (κ1) is 13.7. The van der Waals surface area contributed by atoms with Crippen molar-refractivity contribution in [3.63, 3.8) is 0 Å². The molecular formula is C10H14N4O4S. The smallest absolute Gasteiger partial charge is 0.293 e. The molecule has 1 aromatic rings. The highest BCUT2D eigenvalue weighted by Crippen LogP contribution is 2.32. The van der Waals surface area contributed by atoms with Crippen LogP contribution in [-0.2, 0) is 10.0 Å². The zero-order valence-corrected chi connectivity index (χ0v) is 11.0. The van der Waals surface area contributed by atoms with E-state index in [1.54, 1.807) is 0 Å². The van der Waals surface area contributed by atoms with Crippen LogP contribution in [0, 0.1) is 10.1 Å². The third-order valence-electron chi connectivity index (χ3n) is 2.93. The van der Waals surface area contributed by atoms with Gasteiger partial charge in [0.1, 0.15) is 5.69 Å². The van der Waals surface area contributed by atoms with Crippen molar-refractivity contribution in [1.82, 2.24) is 4.72 Å². The second-order valence-electron chi connectivity index (χ2n) is 4.29. The molecule has 0 bridgehead atoms. The van der Waals surface area contributed by atoms with Crippen LogP contribution in [-0.4, -0.2) is 32.5 Å². The SMILES string of the molecule is CNS(=O)(=O)c1ccc(NC2CC2N)c([N+](=O)[O-])c1. The predicted octanol–water partition coefficient (Wildman–Crippen LogP) is 0.0144. The molecule has 2 unspecified atom stereocenters. The lowest BCUT2D eigenvalue weighted by atomic mass is 10.2. The topological polar surface area (TPSA) is 127 Å². The van der Waals surface area contributed by atoms with Crippen molar-refractivity contribution in [2.45, 2.75) is 23.4 Å². The molecule has 9 heteroatoms. The Balaban J connectivity index is 2.38. The van der Waals surface area contributed by atoms with Crippen molar-refractivity contribution in [2.24, 2.45) is 5.73 Å². The Bertz CT molecular complexity index is 616. The van der Waals surface area contributed by atoms with Gasteiger partial charge in [-0.2, -0.15) is 0 Å². The summed E-state index contributed by atoms with van der Waals surface area (Å²) in [4.78, 5) is 10.2. The summed E-state index contributed by atoms with van der Waals surface area (Å²) in [7, 11) is -2.45. The average molecular weight is 286 g/mol. The van der Waals surface area contributed by atoms with Crippen molar-refractivity contribution in [1.29, 1.82) is 0 Å². The van der Waals surface area contributed by atoms with Gasteiger partial charge in [-0.25, -0.2) is 13.1 Å². The number of nitrogens with two attached hydrogens (primary N) is 1. The first-order chi connectivity index (χ1) is 8.85. The Hall–Kier alpha value is -1.71. The summed E-state index contributed by atoms with van der Waals surface area (Å²) < 4.78 is 25.3. The standard InChI is InChI=1S/C10H14N4O4S/c1-12-19(17,18)6-2-3-8(10(4-6)14(15)16)13-9-5-7(9)11/h2-4,7,9,12-13H,5,11H2,1H3. The molecule has 1 fully saturated rings. The normalized spacial score (nSPS) is 22.0. The van der Waals surface area contributed by atoms with E-state index in [1.165, 1.54) is 19.2 Å². The lowest BCUT2D eigenvalue weighted by Crippen LogP contribution is -2.19. The van der Waals surface area contributed by atoms with Crippen molar-refractivity contribution < 1.29 is 13.3 Å². The van der Waals surface area contributed by atoms with Crippen LogP contribution in [0.2, 0.25) is 0 Å². The molecule has 0 heterocycles. The summed E-state index contributed by atoms with van der Waals surface area (Å²) in [6, 6.07) is 3.72. The molecule has 2 atom stereocenters. The van der Waals surface area contributed by atoms with Gasteiger partial charge < -0.3 is 11.1 Å². The third-order valence-corrected chi connectivity index (χ3v) is 4.34. The number of nitro groups is 1. The number of nitrogens with zero attached hydrogens (tertiary/aromatic N) is 1. The quantitative estimate of drug-likeness (QED) is 0.517.